The predicted octanol–water partition coefficient (Wildman–Crippen LogP) is 1.81. The average molecular weight is 261 g/mol. The second-order valence-corrected chi connectivity index (χ2v) is 5.21. The minimum atomic E-state index is 0.119. The van der Waals surface area contributed by atoms with Crippen molar-refractivity contribution >= 4 is 5.91 Å². The number of nitrogens with zero attached hydrogens (tertiary/aromatic N) is 2. The second-order valence-electron chi connectivity index (χ2n) is 5.21. The van der Waals surface area contributed by atoms with Crippen LogP contribution in [0.4, 0.5) is 0 Å². The van der Waals surface area contributed by atoms with E-state index in [1.54, 1.807) is 6.20 Å². The summed E-state index contributed by atoms with van der Waals surface area (Å²) in [6.07, 6.45) is 4.97. The molecular formula is C15H23N3O. The standard InChI is InChI=1S/C15H23N3O/c1-2-18(11-13-7-3-4-9-17-13)15(19)14-8-5-6-12(14)10-16/h3-4,7,9,12,14H,2,5-6,8,10-11,16H2,1H3/t12-,14-/m1/s1. The van der Waals surface area contributed by atoms with Gasteiger partial charge in [-0.2, -0.15) is 0 Å². The van der Waals surface area contributed by atoms with E-state index in [0.717, 1.165) is 31.5 Å². The van der Waals surface area contributed by atoms with Crippen molar-refractivity contribution in [2.75, 3.05) is 13.1 Å². The third kappa shape index (κ3) is 3.32. The molecule has 0 aliphatic heterocycles. The van der Waals surface area contributed by atoms with Crippen LogP contribution in [0.5, 0.6) is 0 Å². The van der Waals surface area contributed by atoms with Crippen LogP contribution in [0.15, 0.2) is 24.4 Å². The summed E-state index contributed by atoms with van der Waals surface area (Å²) in [5, 5.41) is 0. The topological polar surface area (TPSA) is 59.2 Å². The molecular weight excluding hydrogens is 238 g/mol. The SMILES string of the molecule is CCN(Cc1ccccn1)C(=O)[C@@H]1CCC[C@@H]1CN. The molecule has 0 spiro atoms. The van der Waals surface area contributed by atoms with Crippen molar-refractivity contribution in [1.82, 2.24) is 9.88 Å². The lowest BCUT2D eigenvalue weighted by Gasteiger charge is -2.26. The van der Waals surface area contributed by atoms with Crippen LogP contribution in [0.1, 0.15) is 31.9 Å². The molecule has 1 heterocycles. The molecule has 0 radical (unpaired) electrons. The van der Waals surface area contributed by atoms with E-state index in [0.29, 0.717) is 19.0 Å². The van der Waals surface area contributed by atoms with Crippen molar-refractivity contribution in [3.05, 3.63) is 30.1 Å². The van der Waals surface area contributed by atoms with Gasteiger partial charge in [-0.05, 0) is 44.4 Å². The average Bonchev–Trinajstić information content (AvgIpc) is 2.93. The molecule has 2 atom stereocenters. The lowest BCUT2D eigenvalue weighted by Crippen LogP contribution is -2.38. The zero-order chi connectivity index (χ0) is 13.7. The van der Waals surface area contributed by atoms with Gasteiger partial charge in [0.15, 0.2) is 0 Å². The van der Waals surface area contributed by atoms with E-state index in [9.17, 15) is 4.79 Å². The Kier molecular flexibility index (Phi) is 4.91. The van der Waals surface area contributed by atoms with Crippen LogP contribution in [-0.2, 0) is 11.3 Å². The molecule has 1 fully saturated rings. The number of nitrogens with two attached hydrogens (primary N) is 1. The van der Waals surface area contributed by atoms with Crippen molar-refractivity contribution in [2.24, 2.45) is 17.6 Å². The highest BCUT2D eigenvalue weighted by Crippen LogP contribution is 2.32. The van der Waals surface area contributed by atoms with Crippen molar-refractivity contribution in [2.45, 2.75) is 32.7 Å². The van der Waals surface area contributed by atoms with E-state index in [1.165, 1.54) is 0 Å². The summed E-state index contributed by atoms with van der Waals surface area (Å²) in [7, 11) is 0. The van der Waals surface area contributed by atoms with Gasteiger partial charge in [0.05, 0.1) is 12.2 Å². The third-order valence-electron chi connectivity index (χ3n) is 4.05. The van der Waals surface area contributed by atoms with Gasteiger partial charge in [0.2, 0.25) is 5.91 Å². The molecule has 0 bridgehead atoms. The number of hydrogen-bond donors (Lipinski definition) is 1. The summed E-state index contributed by atoms with van der Waals surface area (Å²) < 4.78 is 0. The van der Waals surface area contributed by atoms with Crippen LogP contribution in [0.25, 0.3) is 0 Å². The largest absolute Gasteiger partial charge is 0.337 e. The fourth-order valence-electron chi connectivity index (χ4n) is 2.91. The number of hydrogen-bond acceptors (Lipinski definition) is 3. The van der Waals surface area contributed by atoms with E-state index in [-0.39, 0.29) is 11.8 Å². The Bertz CT molecular complexity index is 407. The van der Waals surface area contributed by atoms with Gasteiger partial charge in [0.25, 0.3) is 0 Å². The molecule has 1 aliphatic rings. The van der Waals surface area contributed by atoms with Gasteiger partial charge in [-0.1, -0.05) is 12.5 Å². The van der Waals surface area contributed by atoms with Gasteiger partial charge in [-0.3, -0.25) is 9.78 Å². The summed E-state index contributed by atoms with van der Waals surface area (Å²) in [6.45, 7) is 3.97. The first kappa shape index (κ1) is 14.0. The molecule has 1 aromatic rings. The fraction of sp³-hybridized carbons (Fsp3) is 0.600. The Morgan fingerprint density at radius 3 is 2.95 bits per heavy atom. The smallest absolute Gasteiger partial charge is 0.226 e. The van der Waals surface area contributed by atoms with E-state index >= 15 is 0 Å². The second kappa shape index (κ2) is 6.66. The Morgan fingerprint density at radius 1 is 1.47 bits per heavy atom. The molecule has 4 nitrogen and oxygen atoms in total. The third-order valence-corrected chi connectivity index (χ3v) is 4.05. The van der Waals surface area contributed by atoms with Crippen molar-refractivity contribution in [1.29, 1.82) is 0 Å². The van der Waals surface area contributed by atoms with E-state index in [4.69, 9.17) is 5.73 Å². The maximum absolute atomic E-state index is 12.6. The monoisotopic (exact) mass is 261 g/mol. The van der Waals surface area contributed by atoms with Crippen molar-refractivity contribution in [3.8, 4) is 0 Å². The minimum absolute atomic E-state index is 0.119. The Morgan fingerprint density at radius 2 is 2.32 bits per heavy atom. The van der Waals surface area contributed by atoms with Gasteiger partial charge < -0.3 is 10.6 Å². The molecule has 1 aliphatic carbocycles. The Labute approximate surface area is 115 Å². The van der Waals surface area contributed by atoms with Gasteiger partial charge in [0.1, 0.15) is 0 Å². The fourth-order valence-corrected chi connectivity index (χ4v) is 2.91. The molecule has 1 saturated carbocycles. The first-order valence-electron chi connectivity index (χ1n) is 7.15. The van der Waals surface area contributed by atoms with Crippen LogP contribution in [0.3, 0.4) is 0 Å². The molecule has 4 heteroatoms. The number of carbonyl (C=O) groups excluding carboxylic acids is 1. The lowest BCUT2D eigenvalue weighted by molar-refractivity contribution is -0.137. The highest BCUT2D eigenvalue weighted by Gasteiger charge is 2.34. The van der Waals surface area contributed by atoms with E-state index in [1.807, 2.05) is 30.0 Å². The normalized spacial score (nSPS) is 22.4. The summed E-state index contributed by atoms with van der Waals surface area (Å²) in [5.74, 6) is 0.736. The zero-order valence-electron chi connectivity index (χ0n) is 11.6. The van der Waals surface area contributed by atoms with Crippen LogP contribution in [0.2, 0.25) is 0 Å². The zero-order valence-corrected chi connectivity index (χ0v) is 11.6. The number of aromatic nitrogens is 1. The highest BCUT2D eigenvalue weighted by molar-refractivity contribution is 5.79. The molecule has 19 heavy (non-hydrogen) atoms. The van der Waals surface area contributed by atoms with Crippen LogP contribution in [-0.4, -0.2) is 28.9 Å². The molecule has 0 aromatic carbocycles. The molecule has 0 unspecified atom stereocenters. The predicted molar refractivity (Wildman–Crippen MR) is 75.2 cm³/mol. The number of carbonyl (C=O) groups is 1. The summed E-state index contributed by atoms with van der Waals surface area (Å²) in [5.41, 5.74) is 6.72. The summed E-state index contributed by atoms with van der Waals surface area (Å²) in [4.78, 5) is 18.8. The molecule has 2 rings (SSSR count). The maximum atomic E-state index is 12.6. The van der Waals surface area contributed by atoms with Gasteiger partial charge in [-0.25, -0.2) is 0 Å². The number of pyridine rings is 1. The van der Waals surface area contributed by atoms with Crippen LogP contribution in [0, 0.1) is 11.8 Å². The Balaban J connectivity index is 2.03. The van der Waals surface area contributed by atoms with E-state index in [2.05, 4.69) is 4.98 Å². The minimum Gasteiger partial charge on any atom is -0.337 e. The molecule has 1 amide bonds. The number of amides is 1. The summed E-state index contributed by atoms with van der Waals surface area (Å²) in [6, 6.07) is 5.81. The number of rotatable bonds is 5. The Hall–Kier alpha value is -1.42. The molecule has 0 saturated heterocycles. The van der Waals surface area contributed by atoms with Gasteiger partial charge in [-0.15, -0.1) is 0 Å². The first-order chi connectivity index (χ1) is 9.26. The van der Waals surface area contributed by atoms with Crippen molar-refractivity contribution < 1.29 is 4.79 Å². The van der Waals surface area contributed by atoms with Gasteiger partial charge in [0, 0.05) is 18.7 Å². The quantitative estimate of drug-likeness (QED) is 0.879. The van der Waals surface area contributed by atoms with E-state index < -0.39 is 0 Å². The molecule has 104 valence electrons. The molecule has 2 N–H and O–H groups in total. The first-order valence-corrected chi connectivity index (χ1v) is 7.15. The van der Waals surface area contributed by atoms with Gasteiger partial charge >= 0.3 is 0 Å². The lowest BCUT2D eigenvalue weighted by atomic mass is 9.94. The summed E-state index contributed by atoms with van der Waals surface area (Å²) >= 11 is 0. The molecule has 1 aromatic heterocycles. The van der Waals surface area contributed by atoms with Crippen LogP contribution >= 0.6 is 0 Å². The highest BCUT2D eigenvalue weighted by atomic mass is 16.2. The maximum Gasteiger partial charge on any atom is 0.226 e. The van der Waals surface area contributed by atoms with Crippen LogP contribution < -0.4 is 5.73 Å². The van der Waals surface area contributed by atoms with Crippen molar-refractivity contribution in [3.63, 3.8) is 0 Å².